The molecular formula is C15H19N3O6S. The Morgan fingerprint density at radius 3 is 2.60 bits per heavy atom. The first kappa shape index (κ1) is 20.3. The fourth-order valence-electron chi connectivity index (χ4n) is 1.60. The predicted octanol–water partition coefficient (Wildman–Crippen LogP) is 0.152. The van der Waals surface area contributed by atoms with Crippen LogP contribution in [0.15, 0.2) is 41.8 Å². The van der Waals surface area contributed by atoms with Gasteiger partial charge in [-0.1, -0.05) is 12.1 Å². The number of urea groups is 1. The van der Waals surface area contributed by atoms with Crippen LogP contribution in [0.3, 0.4) is 0 Å². The molecule has 1 aromatic rings. The average Bonchev–Trinajstić information content (AvgIpc) is 2.59. The summed E-state index contributed by atoms with van der Waals surface area (Å²) in [5.41, 5.74) is -0.0546. The Morgan fingerprint density at radius 2 is 2.00 bits per heavy atom. The molecule has 3 N–H and O–H groups in total. The zero-order valence-corrected chi connectivity index (χ0v) is 14.6. The van der Waals surface area contributed by atoms with E-state index >= 15 is 0 Å². The quantitative estimate of drug-likeness (QED) is 0.463. The minimum atomic E-state index is -3.80. The zero-order valence-electron chi connectivity index (χ0n) is 13.7. The van der Waals surface area contributed by atoms with Crippen molar-refractivity contribution in [3.63, 3.8) is 0 Å². The molecule has 0 aromatic heterocycles. The SMILES string of the molecule is C=CCNS(=O)(=O)c1cccc(C(=O)O[C@@H](C)C(=O)NC(=O)NC)c1. The summed E-state index contributed by atoms with van der Waals surface area (Å²) in [6.45, 7) is 4.73. The number of carbonyl (C=O) groups excluding carboxylic acids is 3. The lowest BCUT2D eigenvalue weighted by Gasteiger charge is -2.13. The molecule has 0 fully saturated rings. The minimum Gasteiger partial charge on any atom is -0.449 e. The Labute approximate surface area is 145 Å². The van der Waals surface area contributed by atoms with Crippen molar-refractivity contribution in [1.29, 1.82) is 0 Å². The third-order valence-corrected chi connectivity index (χ3v) is 4.34. The van der Waals surface area contributed by atoms with Crippen molar-refractivity contribution in [3.8, 4) is 0 Å². The molecule has 9 nitrogen and oxygen atoms in total. The van der Waals surface area contributed by atoms with Gasteiger partial charge in [0.05, 0.1) is 10.5 Å². The van der Waals surface area contributed by atoms with Crippen molar-refractivity contribution in [2.24, 2.45) is 0 Å². The van der Waals surface area contributed by atoms with E-state index in [1.807, 2.05) is 5.32 Å². The third-order valence-electron chi connectivity index (χ3n) is 2.91. The normalized spacial score (nSPS) is 11.9. The number of carbonyl (C=O) groups is 3. The van der Waals surface area contributed by atoms with Gasteiger partial charge in [-0.05, 0) is 25.1 Å². The van der Waals surface area contributed by atoms with Crippen LogP contribution in [-0.2, 0) is 19.6 Å². The standard InChI is InChI=1S/C15H19N3O6S/c1-4-8-17-25(22,23)12-7-5-6-11(9-12)14(20)24-10(2)13(19)18-15(21)16-3/h4-7,9-10,17H,1,8H2,2-3H3,(H2,16,18,19,21)/t10-/m0/s1. The molecule has 25 heavy (non-hydrogen) atoms. The van der Waals surface area contributed by atoms with Crippen molar-refractivity contribution in [3.05, 3.63) is 42.5 Å². The lowest BCUT2D eigenvalue weighted by molar-refractivity contribution is -0.127. The summed E-state index contributed by atoms with van der Waals surface area (Å²) in [6, 6.07) is 4.41. The van der Waals surface area contributed by atoms with E-state index in [9.17, 15) is 22.8 Å². The maximum absolute atomic E-state index is 12.1. The highest BCUT2D eigenvalue weighted by atomic mass is 32.2. The Balaban J connectivity index is 2.86. The molecule has 1 atom stereocenters. The van der Waals surface area contributed by atoms with E-state index in [4.69, 9.17) is 4.74 Å². The van der Waals surface area contributed by atoms with E-state index in [0.717, 1.165) is 6.07 Å². The van der Waals surface area contributed by atoms with Crippen molar-refractivity contribution in [1.82, 2.24) is 15.4 Å². The van der Waals surface area contributed by atoms with E-state index in [0.29, 0.717) is 0 Å². The van der Waals surface area contributed by atoms with Gasteiger partial charge in [0, 0.05) is 13.6 Å². The Hall–Kier alpha value is -2.72. The summed E-state index contributed by atoms with van der Waals surface area (Å²) in [4.78, 5) is 34.7. The number of sulfonamides is 1. The van der Waals surface area contributed by atoms with Crippen LogP contribution in [0.5, 0.6) is 0 Å². The van der Waals surface area contributed by atoms with Gasteiger partial charge in [-0.25, -0.2) is 22.7 Å². The van der Waals surface area contributed by atoms with Crippen LogP contribution in [0, 0.1) is 0 Å². The first-order valence-electron chi connectivity index (χ1n) is 7.15. The first-order valence-corrected chi connectivity index (χ1v) is 8.63. The first-order chi connectivity index (χ1) is 11.7. The van der Waals surface area contributed by atoms with Crippen LogP contribution in [0.25, 0.3) is 0 Å². The molecule has 0 aliphatic heterocycles. The second-order valence-corrected chi connectivity index (χ2v) is 6.55. The predicted molar refractivity (Wildman–Crippen MR) is 89.3 cm³/mol. The molecule has 3 amide bonds. The largest absolute Gasteiger partial charge is 0.449 e. The number of imide groups is 1. The van der Waals surface area contributed by atoms with Gasteiger partial charge in [0.1, 0.15) is 0 Å². The number of ether oxygens (including phenoxy) is 1. The number of hydrogen-bond acceptors (Lipinski definition) is 6. The number of benzene rings is 1. The molecule has 0 spiro atoms. The van der Waals surface area contributed by atoms with Crippen LogP contribution in [0.2, 0.25) is 0 Å². The van der Waals surface area contributed by atoms with Crippen LogP contribution in [-0.4, -0.2) is 46.0 Å². The molecule has 0 aliphatic rings. The molecule has 0 heterocycles. The highest BCUT2D eigenvalue weighted by Crippen LogP contribution is 2.13. The zero-order chi connectivity index (χ0) is 19.0. The lowest BCUT2D eigenvalue weighted by atomic mass is 10.2. The Morgan fingerprint density at radius 1 is 1.32 bits per heavy atom. The van der Waals surface area contributed by atoms with Gasteiger partial charge in [0.25, 0.3) is 5.91 Å². The third kappa shape index (κ3) is 6.01. The summed E-state index contributed by atoms with van der Waals surface area (Å²) in [5.74, 6) is -1.72. The van der Waals surface area contributed by atoms with Crippen LogP contribution in [0.4, 0.5) is 4.79 Å². The topological polar surface area (TPSA) is 131 Å². The fraction of sp³-hybridized carbons (Fsp3) is 0.267. The smallest absolute Gasteiger partial charge is 0.338 e. The van der Waals surface area contributed by atoms with Crippen molar-refractivity contribution in [2.45, 2.75) is 17.9 Å². The highest BCUT2D eigenvalue weighted by molar-refractivity contribution is 7.89. The van der Waals surface area contributed by atoms with Gasteiger partial charge in [-0.3, -0.25) is 10.1 Å². The molecule has 0 bridgehead atoms. The molecule has 0 saturated heterocycles. The molecule has 0 radical (unpaired) electrons. The van der Waals surface area contributed by atoms with E-state index in [1.54, 1.807) is 0 Å². The molecule has 0 aliphatic carbocycles. The number of rotatable bonds is 7. The van der Waals surface area contributed by atoms with Gasteiger partial charge < -0.3 is 10.1 Å². The number of esters is 1. The van der Waals surface area contributed by atoms with Crippen LogP contribution >= 0.6 is 0 Å². The molecular weight excluding hydrogens is 350 g/mol. The second-order valence-electron chi connectivity index (χ2n) is 4.78. The second kappa shape index (κ2) is 8.94. The molecule has 1 rings (SSSR count). The highest BCUT2D eigenvalue weighted by Gasteiger charge is 2.22. The number of hydrogen-bond donors (Lipinski definition) is 3. The van der Waals surface area contributed by atoms with Crippen molar-refractivity contribution < 1.29 is 27.5 Å². The molecule has 0 saturated carbocycles. The molecule has 136 valence electrons. The molecule has 1 aromatic carbocycles. The van der Waals surface area contributed by atoms with Gasteiger partial charge in [0.15, 0.2) is 6.10 Å². The molecule has 10 heteroatoms. The monoisotopic (exact) mass is 369 g/mol. The van der Waals surface area contributed by atoms with E-state index in [-0.39, 0.29) is 17.0 Å². The van der Waals surface area contributed by atoms with Gasteiger partial charge in [-0.15, -0.1) is 6.58 Å². The van der Waals surface area contributed by atoms with E-state index < -0.39 is 34.0 Å². The lowest BCUT2D eigenvalue weighted by Crippen LogP contribution is -2.43. The van der Waals surface area contributed by atoms with Gasteiger partial charge in [0.2, 0.25) is 10.0 Å². The van der Waals surface area contributed by atoms with Gasteiger partial charge >= 0.3 is 12.0 Å². The average molecular weight is 369 g/mol. The number of nitrogens with one attached hydrogen (secondary N) is 3. The summed E-state index contributed by atoms with van der Waals surface area (Å²) < 4.78 is 31.3. The minimum absolute atomic E-state index is 0.0354. The van der Waals surface area contributed by atoms with Gasteiger partial charge in [-0.2, -0.15) is 0 Å². The van der Waals surface area contributed by atoms with E-state index in [1.165, 1.54) is 38.2 Å². The summed E-state index contributed by atoms with van der Waals surface area (Å²) in [6.07, 6.45) is 0.131. The fourth-order valence-corrected chi connectivity index (χ4v) is 2.64. The summed E-state index contributed by atoms with van der Waals surface area (Å²) >= 11 is 0. The maximum atomic E-state index is 12.1. The van der Waals surface area contributed by atoms with E-state index in [2.05, 4.69) is 16.6 Å². The Kier molecular flexibility index (Phi) is 7.27. The van der Waals surface area contributed by atoms with Crippen LogP contribution < -0.4 is 15.4 Å². The van der Waals surface area contributed by atoms with Crippen molar-refractivity contribution >= 4 is 27.9 Å². The summed E-state index contributed by atoms with van der Waals surface area (Å²) in [7, 11) is -2.48. The number of amides is 3. The summed E-state index contributed by atoms with van der Waals surface area (Å²) in [5, 5.41) is 4.15. The van der Waals surface area contributed by atoms with Crippen molar-refractivity contribution in [2.75, 3.05) is 13.6 Å². The molecule has 0 unspecified atom stereocenters. The maximum Gasteiger partial charge on any atom is 0.338 e. The Bertz CT molecular complexity index is 775. The van der Waals surface area contributed by atoms with Crippen LogP contribution in [0.1, 0.15) is 17.3 Å².